The van der Waals surface area contributed by atoms with E-state index in [2.05, 4.69) is 27.1 Å². The fourth-order valence-electron chi connectivity index (χ4n) is 2.16. The molecule has 0 amide bonds. The van der Waals surface area contributed by atoms with Crippen LogP contribution < -0.4 is 5.32 Å². The first-order chi connectivity index (χ1) is 9.59. The minimum Gasteiger partial charge on any atom is -0.369 e. The highest BCUT2D eigenvalue weighted by molar-refractivity contribution is 7.91. The fourth-order valence-corrected chi connectivity index (χ4v) is 3.47. The van der Waals surface area contributed by atoms with Crippen molar-refractivity contribution in [2.24, 2.45) is 0 Å². The smallest absolute Gasteiger partial charge is 0.151 e. The van der Waals surface area contributed by atoms with Crippen LogP contribution >= 0.6 is 0 Å². The second kappa shape index (κ2) is 6.99. The molecule has 0 atom stereocenters. The molecule has 0 saturated carbocycles. The molecule has 1 aromatic rings. The van der Waals surface area contributed by atoms with Crippen molar-refractivity contribution in [3.8, 4) is 0 Å². The van der Waals surface area contributed by atoms with Gasteiger partial charge < -0.3 is 5.32 Å². The lowest BCUT2D eigenvalue weighted by Gasteiger charge is -2.18. The molecular weight excluding hydrogens is 276 g/mol. The first-order valence-electron chi connectivity index (χ1n) is 7.06. The second-order valence-electron chi connectivity index (χ2n) is 5.10. The Morgan fingerprint density at radius 1 is 1.25 bits per heavy atom. The van der Waals surface area contributed by atoms with Crippen molar-refractivity contribution in [3.63, 3.8) is 0 Å². The third-order valence-electron chi connectivity index (χ3n) is 3.30. The zero-order valence-electron chi connectivity index (χ0n) is 11.9. The monoisotopic (exact) mass is 298 g/mol. The van der Waals surface area contributed by atoms with Gasteiger partial charge in [0, 0.05) is 19.6 Å². The fraction of sp³-hybridized carbons (Fsp3) is 0.692. The highest BCUT2D eigenvalue weighted by atomic mass is 32.2. The number of anilines is 1. The lowest BCUT2D eigenvalue weighted by atomic mass is 10.3. The van der Waals surface area contributed by atoms with Crippen LogP contribution in [0, 0.1) is 0 Å². The summed E-state index contributed by atoms with van der Waals surface area (Å²) < 4.78 is 23.1. The van der Waals surface area contributed by atoms with Crippen molar-refractivity contribution in [1.82, 2.24) is 14.9 Å². The summed E-state index contributed by atoms with van der Waals surface area (Å²) in [5.74, 6) is 1.33. The summed E-state index contributed by atoms with van der Waals surface area (Å²) in [5, 5.41) is 3.18. The minimum absolute atomic E-state index is 0.247. The Balaban J connectivity index is 1.89. The van der Waals surface area contributed by atoms with Gasteiger partial charge in [-0.25, -0.2) is 13.4 Å². The van der Waals surface area contributed by atoms with Crippen LogP contribution in [0.25, 0.3) is 0 Å². The number of nitrogens with one attached hydrogen (secondary N) is 1. The summed E-state index contributed by atoms with van der Waals surface area (Å²) in [6, 6.07) is 0. The molecule has 2 heterocycles. The van der Waals surface area contributed by atoms with Gasteiger partial charge in [-0.3, -0.25) is 9.88 Å². The number of aromatic nitrogens is 2. The number of nitrogens with zero attached hydrogens (tertiary/aromatic N) is 3. The Hall–Kier alpha value is -1.21. The summed E-state index contributed by atoms with van der Waals surface area (Å²) in [6.45, 7) is 5.04. The first-order valence-corrected chi connectivity index (χ1v) is 8.89. The molecule has 1 N–H and O–H groups in total. The van der Waals surface area contributed by atoms with Gasteiger partial charge in [-0.2, -0.15) is 0 Å². The van der Waals surface area contributed by atoms with Gasteiger partial charge in [-0.1, -0.05) is 6.92 Å². The predicted molar refractivity (Wildman–Crippen MR) is 79.4 cm³/mol. The maximum Gasteiger partial charge on any atom is 0.151 e. The third kappa shape index (κ3) is 4.72. The topological polar surface area (TPSA) is 75.2 Å². The number of hydrogen-bond donors (Lipinski definition) is 1. The maximum atomic E-state index is 11.6. The summed E-state index contributed by atoms with van der Waals surface area (Å²) >= 11 is 0. The first kappa shape index (κ1) is 15.2. The molecule has 0 radical (unpaired) electrons. The zero-order chi connectivity index (χ0) is 14.4. The Bertz CT molecular complexity index is 516. The summed E-state index contributed by atoms with van der Waals surface area (Å²) in [6.07, 6.45) is 5.24. The Labute approximate surface area is 120 Å². The van der Waals surface area contributed by atoms with Crippen LogP contribution in [-0.2, 0) is 16.4 Å². The van der Waals surface area contributed by atoms with Gasteiger partial charge >= 0.3 is 0 Å². The average molecular weight is 298 g/mol. The molecule has 1 saturated heterocycles. The Morgan fingerprint density at radius 2 is 2.10 bits per heavy atom. The predicted octanol–water partition coefficient (Wildman–Crippen LogP) is 0.919. The minimum atomic E-state index is -2.85. The van der Waals surface area contributed by atoms with Gasteiger partial charge in [0.25, 0.3) is 0 Å². The van der Waals surface area contributed by atoms with Gasteiger partial charge in [0.2, 0.25) is 0 Å². The van der Waals surface area contributed by atoms with Crippen LogP contribution in [0.4, 0.5) is 5.82 Å². The second-order valence-corrected chi connectivity index (χ2v) is 7.40. The SMILES string of the molecule is CCCNc1cnc(CN2CCCS(=O)(=O)CC2)cn1. The van der Waals surface area contributed by atoms with E-state index in [9.17, 15) is 8.42 Å². The molecule has 20 heavy (non-hydrogen) atoms. The molecule has 0 spiro atoms. The molecule has 0 aromatic carbocycles. The third-order valence-corrected chi connectivity index (χ3v) is 5.01. The molecule has 7 heteroatoms. The number of sulfone groups is 1. The van der Waals surface area contributed by atoms with Crippen LogP contribution in [0.1, 0.15) is 25.5 Å². The van der Waals surface area contributed by atoms with Crippen molar-refractivity contribution in [2.45, 2.75) is 26.3 Å². The van der Waals surface area contributed by atoms with E-state index in [1.54, 1.807) is 12.4 Å². The number of hydrogen-bond acceptors (Lipinski definition) is 6. The van der Waals surface area contributed by atoms with Gasteiger partial charge in [-0.15, -0.1) is 0 Å². The van der Waals surface area contributed by atoms with E-state index in [4.69, 9.17) is 0 Å². The lowest BCUT2D eigenvalue weighted by Crippen LogP contribution is -2.27. The number of rotatable bonds is 5. The molecule has 0 unspecified atom stereocenters. The molecule has 1 fully saturated rings. The van der Waals surface area contributed by atoms with Gasteiger partial charge in [0.15, 0.2) is 9.84 Å². The van der Waals surface area contributed by atoms with Crippen molar-refractivity contribution < 1.29 is 8.42 Å². The van der Waals surface area contributed by atoms with Crippen LogP contribution in [0.2, 0.25) is 0 Å². The molecule has 1 aliphatic rings. The standard InChI is InChI=1S/C13H22N4O2S/c1-2-4-14-13-10-15-12(9-16-13)11-17-5-3-7-20(18,19)8-6-17/h9-10H,2-8,11H2,1H3,(H,14,16). The normalized spacial score (nSPS) is 19.4. The molecule has 1 aromatic heterocycles. The van der Waals surface area contributed by atoms with E-state index in [1.165, 1.54) is 0 Å². The van der Waals surface area contributed by atoms with Crippen LogP contribution in [0.3, 0.4) is 0 Å². The molecule has 0 aliphatic carbocycles. The van der Waals surface area contributed by atoms with E-state index in [0.717, 1.165) is 31.0 Å². The van der Waals surface area contributed by atoms with Gasteiger partial charge in [0.05, 0.1) is 29.6 Å². The van der Waals surface area contributed by atoms with Crippen molar-refractivity contribution in [2.75, 3.05) is 36.5 Å². The zero-order valence-corrected chi connectivity index (χ0v) is 12.7. The largest absolute Gasteiger partial charge is 0.369 e. The van der Waals surface area contributed by atoms with E-state index < -0.39 is 9.84 Å². The maximum absolute atomic E-state index is 11.6. The summed E-state index contributed by atoms with van der Waals surface area (Å²) in [5.41, 5.74) is 0.881. The Morgan fingerprint density at radius 3 is 2.80 bits per heavy atom. The lowest BCUT2D eigenvalue weighted by molar-refractivity contribution is 0.283. The average Bonchev–Trinajstić information content (AvgIpc) is 2.59. The molecule has 6 nitrogen and oxygen atoms in total. The Kier molecular flexibility index (Phi) is 5.31. The van der Waals surface area contributed by atoms with E-state index in [-0.39, 0.29) is 5.75 Å². The molecule has 0 bridgehead atoms. The van der Waals surface area contributed by atoms with Crippen molar-refractivity contribution >= 4 is 15.7 Å². The van der Waals surface area contributed by atoms with Crippen molar-refractivity contribution in [1.29, 1.82) is 0 Å². The van der Waals surface area contributed by atoms with Crippen LogP contribution in [-0.4, -0.2) is 54.4 Å². The van der Waals surface area contributed by atoms with E-state index in [1.807, 2.05) is 0 Å². The van der Waals surface area contributed by atoms with E-state index in [0.29, 0.717) is 25.3 Å². The highest BCUT2D eigenvalue weighted by Crippen LogP contribution is 2.09. The van der Waals surface area contributed by atoms with Gasteiger partial charge in [0.1, 0.15) is 5.82 Å². The van der Waals surface area contributed by atoms with Crippen LogP contribution in [0.15, 0.2) is 12.4 Å². The highest BCUT2D eigenvalue weighted by Gasteiger charge is 2.19. The van der Waals surface area contributed by atoms with Crippen LogP contribution in [0.5, 0.6) is 0 Å². The molecule has 1 aliphatic heterocycles. The molecule has 112 valence electrons. The van der Waals surface area contributed by atoms with Crippen molar-refractivity contribution in [3.05, 3.63) is 18.1 Å². The summed E-state index contributed by atoms with van der Waals surface area (Å²) in [7, 11) is -2.85. The quantitative estimate of drug-likeness (QED) is 0.871. The molecular formula is C13H22N4O2S. The molecule has 2 rings (SSSR count). The summed E-state index contributed by atoms with van der Waals surface area (Å²) in [4.78, 5) is 10.8. The van der Waals surface area contributed by atoms with E-state index >= 15 is 0 Å². The van der Waals surface area contributed by atoms with Gasteiger partial charge in [-0.05, 0) is 19.4 Å².